The van der Waals surface area contributed by atoms with Crippen LogP contribution < -0.4 is 0 Å². The third kappa shape index (κ3) is 7.55. The second-order valence-electron chi connectivity index (χ2n) is 3.14. The summed E-state index contributed by atoms with van der Waals surface area (Å²) in [6, 6.07) is 7.85. The predicted molar refractivity (Wildman–Crippen MR) is 67.9 cm³/mol. The molecule has 0 heterocycles. The zero-order valence-electron chi connectivity index (χ0n) is 9.67. The highest BCUT2D eigenvalue weighted by atomic mass is 35.5. The molecular formula is C12H16Cl2O2. The minimum atomic E-state index is -0.402. The lowest BCUT2D eigenvalue weighted by molar-refractivity contribution is -0.140. The Bertz CT molecular complexity index is 307. The van der Waals surface area contributed by atoms with E-state index in [1.165, 1.54) is 12.5 Å². The first-order valence-electron chi connectivity index (χ1n) is 4.95. The average molecular weight is 263 g/mol. The summed E-state index contributed by atoms with van der Waals surface area (Å²) in [7, 11) is 0. The minimum absolute atomic E-state index is 0.211. The molecule has 1 rings (SSSR count). The third-order valence-electron chi connectivity index (χ3n) is 1.68. The number of carbonyl (C=O) groups excluding carboxylic acids is 1. The molecule has 0 aliphatic heterocycles. The molecule has 16 heavy (non-hydrogen) atoms. The normalized spacial score (nSPS) is 9.38. The van der Waals surface area contributed by atoms with Crippen LogP contribution >= 0.6 is 23.2 Å². The Labute approximate surface area is 107 Å². The van der Waals surface area contributed by atoms with E-state index in [0.717, 1.165) is 5.56 Å². The van der Waals surface area contributed by atoms with Gasteiger partial charge in [-0.05, 0) is 19.4 Å². The predicted octanol–water partition coefficient (Wildman–Crippen LogP) is 4.04. The van der Waals surface area contributed by atoms with Gasteiger partial charge in [0.25, 0.3) is 0 Å². The molecule has 0 radical (unpaired) electrons. The molecule has 0 aliphatic rings. The van der Waals surface area contributed by atoms with Crippen molar-refractivity contribution in [3.63, 3.8) is 0 Å². The Balaban J connectivity index is 0.000000325. The Hall–Kier alpha value is -0.730. The van der Waals surface area contributed by atoms with E-state index in [1.807, 2.05) is 31.2 Å². The van der Waals surface area contributed by atoms with Gasteiger partial charge in [0.15, 0.2) is 0 Å². The van der Waals surface area contributed by atoms with Crippen LogP contribution in [0.3, 0.4) is 0 Å². The number of aryl methyl sites for hydroxylation is 1. The number of rotatable bonds is 2. The third-order valence-corrected chi connectivity index (χ3v) is 2.18. The number of ether oxygens (including phenoxy) is 1. The molecule has 0 aliphatic carbocycles. The first kappa shape index (κ1) is 15.3. The lowest BCUT2D eigenvalue weighted by atomic mass is 10.2. The van der Waals surface area contributed by atoms with Gasteiger partial charge in [-0.2, -0.15) is 0 Å². The summed E-state index contributed by atoms with van der Waals surface area (Å²) in [6.07, 6.45) is 0. The van der Waals surface area contributed by atoms with Crippen LogP contribution in [0.1, 0.15) is 29.8 Å². The zero-order valence-corrected chi connectivity index (χ0v) is 11.2. The summed E-state index contributed by atoms with van der Waals surface area (Å²) in [5.74, 6) is -0.211. The van der Waals surface area contributed by atoms with Crippen LogP contribution in [0.2, 0.25) is 0 Å². The fourth-order valence-corrected chi connectivity index (χ4v) is 1.21. The van der Waals surface area contributed by atoms with Gasteiger partial charge in [-0.15, -0.1) is 23.2 Å². The highest BCUT2D eigenvalue weighted by Crippen LogP contribution is 2.24. The van der Waals surface area contributed by atoms with Crippen molar-refractivity contribution in [2.45, 2.75) is 25.6 Å². The second kappa shape index (κ2) is 8.43. The van der Waals surface area contributed by atoms with Gasteiger partial charge >= 0.3 is 5.97 Å². The van der Waals surface area contributed by atoms with Crippen LogP contribution in [0.4, 0.5) is 0 Å². The van der Waals surface area contributed by atoms with E-state index in [9.17, 15) is 4.79 Å². The summed E-state index contributed by atoms with van der Waals surface area (Å²) in [5, 5.41) is 0. The largest absolute Gasteiger partial charge is 0.466 e. The van der Waals surface area contributed by atoms with E-state index >= 15 is 0 Å². The molecule has 0 amide bonds. The van der Waals surface area contributed by atoms with Crippen LogP contribution in [0, 0.1) is 6.92 Å². The Morgan fingerprint density at radius 3 is 2.06 bits per heavy atom. The molecule has 90 valence electrons. The van der Waals surface area contributed by atoms with Crippen molar-refractivity contribution in [3.05, 3.63) is 35.4 Å². The number of hydrogen-bond donors (Lipinski definition) is 0. The van der Waals surface area contributed by atoms with Crippen molar-refractivity contribution in [1.29, 1.82) is 0 Å². The van der Waals surface area contributed by atoms with Crippen molar-refractivity contribution in [2.75, 3.05) is 6.61 Å². The molecular weight excluding hydrogens is 247 g/mol. The number of benzene rings is 1. The summed E-state index contributed by atoms with van der Waals surface area (Å²) in [5.41, 5.74) is 2.17. The van der Waals surface area contributed by atoms with E-state index in [0.29, 0.717) is 6.61 Å². The van der Waals surface area contributed by atoms with Crippen LogP contribution in [0.5, 0.6) is 0 Å². The smallest absolute Gasteiger partial charge is 0.302 e. The molecule has 0 saturated carbocycles. The molecule has 0 atom stereocenters. The minimum Gasteiger partial charge on any atom is -0.466 e. The highest BCUT2D eigenvalue weighted by molar-refractivity contribution is 6.44. The highest BCUT2D eigenvalue weighted by Gasteiger charge is 2.00. The molecule has 0 aromatic heterocycles. The first-order chi connectivity index (χ1) is 7.47. The Morgan fingerprint density at radius 2 is 1.81 bits per heavy atom. The van der Waals surface area contributed by atoms with E-state index in [2.05, 4.69) is 4.74 Å². The lowest BCUT2D eigenvalue weighted by Gasteiger charge is -1.99. The molecule has 0 N–H and O–H groups in total. The van der Waals surface area contributed by atoms with Gasteiger partial charge in [0.05, 0.1) is 6.61 Å². The summed E-state index contributed by atoms with van der Waals surface area (Å²) >= 11 is 11.2. The fraction of sp³-hybridized carbons (Fsp3) is 0.417. The molecule has 0 saturated heterocycles. The lowest BCUT2D eigenvalue weighted by Crippen LogP contribution is -1.95. The van der Waals surface area contributed by atoms with Gasteiger partial charge in [0, 0.05) is 6.92 Å². The van der Waals surface area contributed by atoms with Crippen LogP contribution in [0.15, 0.2) is 24.3 Å². The molecule has 0 spiro atoms. The van der Waals surface area contributed by atoms with Gasteiger partial charge in [0.2, 0.25) is 0 Å². The Kier molecular flexibility index (Phi) is 8.04. The van der Waals surface area contributed by atoms with Gasteiger partial charge in [-0.25, -0.2) is 0 Å². The van der Waals surface area contributed by atoms with Crippen molar-refractivity contribution >= 4 is 29.2 Å². The maximum Gasteiger partial charge on any atom is 0.302 e. The molecule has 1 aromatic carbocycles. The second-order valence-corrected chi connectivity index (χ2v) is 4.23. The molecule has 1 aromatic rings. The number of halogens is 2. The standard InChI is InChI=1S/C8H8Cl2.C4H8O2/c1-6-2-4-7(5-3-6)8(9)10;1-3-6-4(2)5/h2-5,8H,1H3;3H2,1-2H3. The van der Waals surface area contributed by atoms with Gasteiger partial charge in [-0.1, -0.05) is 29.8 Å². The SMILES string of the molecule is CCOC(C)=O.Cc1ccc(C(Cl)Cl)cc1. The quantitative estimate of drug-likeness (QED) is 0.594. The van der Waals surface area contributed by atoms with Gasteiger partial charge in [0.1, 0.15) is 4.84 Å². The number of alkyl halides is 2. The first-order valence-corrected chi connectivity index (χ1v) is 5.82. The van der Waals surface area contributed by atoms with Crippen molar-refractivity contribution in [1.82, 2.24) is 0 Å². The van der Waals surface area contributed by atoms with Gasteiger partial charge < -0.3 is 4.74 Å². The Morgan fingerprint density at radius 1 is 1.31 bits per heavy atom. The van der Waals surface area contributed by atoms with Crippen molar-refractivity contribution < 1.29 is 9.53 Å². The zero-order chi connectivity index (χ0) is 12.6. The summed E-state index contributed by atoms with van der Waals surface area (Å²) < 4.78 is 4.40. The molecule has 4 heteroatoms. The van der Waals surface area contributed by atoms with E-state index in [-0.39, 0.29) is 5.97 Å². The fourth-order valence-electron chi connectivity index (χ4n) is 0.915. The van der Waals surface area contributed by atoms with Crippen molar-refractivity contribution in [3.8, 4) is 0 Å². The maximum atomic E-state index is 9.82. The monoisotopic (exact) mass is 262 g/mol. The molecule has 0 unspecified atom stereocenters. The van der Waals surface area contributed by atoms with Crippen LogP contribution in [0.25, 0.3) is 0 Å². The molecule has 0 bridgehead atoms. The summed E-state index contributed by atoms with van der Waals surface area (Å²) in [6.45, 7) is 5.68. The number of carbonyl (C=O) groups is 1. The van der Waals surface area contributed by atoms with Crippen molar-refractivity contribution in [2.24, 2.45) is 0 Å². The van der Waals surface area contributed by atoms with Crippen LogP contribution in [-0.2, 0) is 9.53 Å². The van der Waals surface area contributed by atoms with Gasteiger partial charge in [-0.3, -0.25) is 4.79 Å². The topological polar surface area (TPSA) is 26.3 Å². The van der Waals surface area contributed by atoms with E-state index < -0.39 is 4.84 Å². The number of esters is 1. The number of hydrogen-bond acceptors (Lipinski definition) is 2. The van der Waals surface area contributed by atoms with E-state index in [1.54, 1.807) is 6.92 Å². The van der Waals surface area contributed by atoms with E-state index in [4.69, 9.17) is 23.2 Å². The average Bonchev–Trinajstić information content (AvgIpc) is 2.19. The molecule has 2 nitrogen and oxygen atoms in total. The maximum absolute atomic E-state index is 9.82. The van der Waals surface area contributed by atoms with Crippen LogP contribution in [-0.4, -0.2) is 12.6 Å². The summed E-state index contributed by atoms with van der Waals surface area (Å²) in [4.78, 5) is 9.42. The molecule has 0 fully saturated rings.